The van der Waals surface area contributed by atoms with Crippen LogP contribution in [-0.2, 0) is 10.6 Å². The summed E-state index contributed by atoms with van der Waals surface area (Å²) in [5, 5.41) is 3.01. The van der Waals surface area contributed by atoms with E-state index in [1.54, 1.807) is 11.3 Å². The molecule has 1 aromatic heterocycles. The Kier molecular flexibility index (Phi) is 5.22. The van der Waals surface area contributed by atoms with Crippen LogP contribution in [0.4, 0.5) is 0 Å². The van der Waals surface area contributed by atoms with Gasteiger partial charge in [0.25, 0.3) is 0 Å². The Hall–Kier alpha value is -0.120. The van der Waals surface area contributed by atoms with Crippen LogP contribution in [0.5, 0.6) is 0 Å². The van der Waals surface area contributed by atoms with Crippen LogP contribution in [0.2, 0.25) is 0 Å². The third-order valence-electron chi connectivity index (χ3n) is 2.27. The fourth-order valence-corrected chi connectivity index (χ4v) is 2.23. The third-order valence-corrected chi connectivity index (χ3v) is 3.60. The summed E-state index contributed by atoms with van der Waals surface area (Å²) < 4.78 is 5.77. The molecule has 0 radical (unpaired) electrons. The van der Waals surface area contributed by atoms with Gasteiger partial charge < -0.3 is 4.74 Å². The molecule has 1 aromatic rings. The van der Waals surface area contributed by atoms with E-state index in [-0.39, 0.29) is 6.10 Å². The van der Waals surface area contributed by atoms with Gasteiger partial charge >= 0.3 is 0 Å². The standard InChI is InChI=1S/C12H20ClNOS/c1-9(15-6-5-12(2,3)4)11-14-10(7-13)8-16-11/h8-9H,5-7H2,1-4H3. The second kappa shape index (κ2) is 5.99. The van der Waals surface area contributed by atoms with Gasteiger partial charge in [0.05, 0.1) is 11.6 Å². The highest BCUT2D eigenvalue weighted by Gasteiger charge is 2.14. The molecule has 0 spiro atoms. The molecular weight excluding hydrogens is 242 g/mol. The first-order chi connectivity index (χ1) is 7.42. The smallest absolute Gasteiger partial charge is 0.122 e. The zero-order valence-electron chi connectivity index (χ0n) is 10.4. The molecule has 0 aromatic carbocycles. The van der Waals surface area contributed by atoms with Crippen LogP contribution in [-0.4, -0.2) is 11.6 Å². The summed E-state index contributed by atoms with van der Waals surface area (Å²) in [5.74, 6) is 0.477. The number of hydrogen-bond acceptors (Lipinski definition) is 3. The van der Waals surface area contributed by atoms with Gasteiger partial charge in [-0.15, -0.1) is 22.9 Å². The maximum Gasteiger partial charge on any atom is 0.122 e. The summed E-state index contributed by atoms with van der Waals surface area (Å²) >= 11 is 7.33. The number of alkyl halides is 1. The van der Waals surface area contributed by atoms with Gasteiger partial charge in [-0.1, -0.05) is 20.8 Å². The van der Waals surface area contributed by atoms with Crippen LogP contribution < -0.4 is 0 Å². The number of halogens is 1. The molecule has 16 heavy (non-hydrogen) atoms. The van der Waals surface area contributed by atoms with Crippen molar-refractivity contribution in [2.24, 2.45) is 5.41 Å². The molecule has 0 saturated heterocycles. The van der Waals surface area contributed by atoms with E-state index in [4.69, 9.17) is 16.3 Å². The zero-order chi connectivity index (χ0) is 12.2. The summed E-state index contributed by atoms with van der Waals surface area (Å²) in [6, 6.07) is 0. The molecule has 0 bridgehead atoms. The maximum absolute atomic E-state index is 5.77. The lowest BCUT2D eigenvalue weighted by Gasteiger charge is -2.19. The van der Waals surface area contributed by atoms with Crippen LogP contribution >= 0.6 is 22.9 Å². The lowest BCUT2D eigenvalue weighted by Crippen LogP contribution is -2.11. The molecule has 1 rings (SSSR count). The first kappa shape index (κ1) is 13.9. The molecule has 0 amide bonds. The Morgan fingerprint density at radius 1 is 1.50 bits per heavy atom. The van der Waals surface area contributed by atoms with Crippen molar-refractivity contribution in [3.8, 4) is 0 Å². The quantitative estimate of drug-likeness (QED) is 0.733. The molecule has 2 nitrogen and oxygen atoms in total. The number of rotatable bonds is 5. The first-order valence-corrected chi connectivity index (χ1v) is 6.95. The molecule has 1 unspecified atom stereocenters. The van der Waals surface area contributed by atoms with E-state index >= 15 is 0 Å². The van der Waals surface area contributed by atoms with Crippen molar-refractivity contribution >= 4 is 22.9 Å². The molecule has 0 fully saturated rings. The molecule has 0 saturated carbocycles. The Morgan fingerprint density at radius 2 is 2.19 bits per heavy atom. The van der Waals surface area contributed by atoms with Crippen molar-refractivity contribution < 1.29 is 4.74 Å². The van der Waals surface area contributed by atoms with Crippen LogP contribution in [0.3, 0.4) is 0 Å². The number of hydrogen-bond donors (Lipinski definition) is 0. The average molecular weight is 262 g/mol. The van der Waals surface area contributed by atoms with E-state index in [0.29, 0.717) is 11.3 Å². The van der Waals surface area contributed by atoms with E-state index in [0.717, 1.165) is 23.7 Å². The van der Waals surface area contributed by atoms with E-state index in [1.807, 2.05) is 12.3 Å². The highest BCUT2D eigenvalue weighted by molar-refractivity contribution is 7.09. The Labute approximate surface area is 107 Å². The molecule has 0 aliphatic rings. The van der Waals surface area contributed by atoms with Gasteiger partial charge in [-0.2, -0.15) is 0 Å². The Balaban J connectivity index is 2.37. The molecule has 92 valence electrons. The minimum absolute atomic E-state index is 0.0734. The van der Waals surface area contributed by atoms with Gasteiger partial charge in [-0.25, -0.2) is 4.98 Å². The topological polar surface area (TPSA) is 22.1 Å². The van der Waals surface area contributed by atoms with Crippen molar-refractivity contribution in [3.05, 3.63) is 16.1 Å². The van der Waals surface area contributed by atoms with Crippen LogP contribution in [0, 0.1) is 5.41 Å². The zero-order valence-corrected chi connectivity index (χ0v) is 12.0. The highest BCUT2D eigenvalue weighted by Crippen LogP contribution is 2.24. The highest BCUT2D eigenvalue weighted by atomic mass is 35.5. The van der Waals surface area contributed by atoms with E-state index in [9.17, 15) is 0 Å². The van der Waals surface area contributed by atoms with Crippen molar-refractivity contribution in [3.63, 3.8) is 0 Å². The molecule has 0 aliphatic carbocycles. The monoisotopic (exact) mass is 261 g/mol. The lowest BCUT2D eigenvalue weighted by molar-refractivity contribution is 0.0483. The normalized spacial score (nSPS) is 14.1. The van der Waals surface area contributed by atoms with E-state index in [2.05, 4.69) is 25.8 Å². The average Bonchev–Trinajstić information content (AvgIpc) is 2.63. The van der Waals surface area contributed by atoms with E-state index < -0.39 is 0 Å². The molecule has 1 heterocycles. The van der Waals surface area contributed by atoms with Gasteiger partial charge in [-0.3, -0.25) is 0 Å². The molecular formula is C12H20ClNOS. The largest absolute Gasteiger partial charge is 0.371 e. The second-order valence-electron chi connectivity index (χ2n) is 5.13. The maximum atomic E-state index is 5.77. The predicted octanol–water partition coefficient (Wildman–Crippen LogP) is 4.40. The van der Waals surface area contributed by atoms with Crippen molar-refractivity contribution in [2.75, 3.05) is 6.61 Å². The first-order valence-electron chi connectivity index (χ1n) is 5.54. The number of aromatic nitrogens is 1. The second-order valence-corrected chi connectivity index (χ2v) is 6.29. The van der Waals surface area contributed by atoms with Gasteiger partial charge in [0.2, 0.25) is 0 Å². The summed E-state index contributed by atoms with van der Waals surface area (Å²) in [5.41, 5.74) is 1.26. The SMILES string of the molecule is CC(OCCC(C)(C)C)c1nc(CCl)cs1. The molecule has 1 atom stereocenters. The lowest BCUT2D eigenvalue weighted by atomic mass is 9.93. The van der Waals surface area contributed by atoms with Crippen molar-refractivity contribution in [1.29, 1.82) is 0 Å². The fraction of sp³-hybridized carbons (Fsp3) is 0.750. The van der Waals surface area contributed by atoms with Crippen molar-refractivity contribution in [2.45, 2.75) is 46.1 Å². The molecule has 0 N–H and O–H groups in total. The van der Waals surface area contributed by atoms with Crippen LogP contribution in [0.25, 0.3) is 0 Å². The minimum Gasteiger partial charge on any atom is -0.371 e. The summed E-state index contributed by atoms with van der Waals surface area (Å²) in [6.45, 7) is 9.47. The molecule has 0 aliphatic heterocycles. The number of thiazole rings is 1. The van der Waals surface area contributed by atoms with Crippen LogP contribution in [0.1, 0.15) is 50.9 Å². The predicted molar refractivity (Wildman–Crippen MR) is 70.1 cm³/mol. The number of nitrogens with zero attached hydrogens (tertiary/aromatic N) is 1. The van der Waals surface area contributed by atoms with Gasteiger partial charge in [0.15, 0.2) is 0 Å². The van der Waals surface area contributed by atoms with Gasteiger partial charge in [0.1, 0.15) is 11.1 Å². The van der Waals surface area contributed by atoms with Gasteiger partial charge in [-0.05, 0) is 18.8 Å². The van der Waals surface area contributed by atoms with Crippen molar-refractivity contribution in [1.82, 2.24) is 4.98 Å². The summed E-state index contributed by atoms with van der Waals surface area (Å²) in [7, 11) is 0. The third kappa shape index (κ3) is 4.81. The fourth-order valence-electron chi connectivity index (χ4n) is 1.18. The Morgan fingerprint density at radius 3 is 2.69 bits per heavy atom. The summed E-state index contributed by atoms with van der Waals surface area (Å²) in [4.78, 5) is 4.41. The Bertz CT molecular complexity index is 319. The summed E-state index contributed by atoms with van der Waals surface area (Å²) in [6.07, 6.45) is 1.13. The van der Waals surface area contributed by atoms with Crippen LogP contribution in [0.15, 0.2) is 5.38 Å². The minimum atomic E-state index is 0.0734. The molecule has 4 heteroatoms. The van der Waals surface area contributed by atoms with E-state index in [1.165, 1.54) is 0 Å². The number of ether oxygens (including phenoxy) is 1. The van der Waals surface area contributed by atoms with Gasteiger partial charge in [0, 0.05) is 12.0 Å².